The van der Waals surface area contributed by atoms with E-state index in [4.69, 9.17) is 10.3 Å². The van der Waals surface area contributed by atoms with E-state index in [1.807, 2.05) is 0 Å². The molecule has 25 heavy (non-hydrogen) atoms. The molecule has 1 aromatic carbocycles. The molecule has 6 nitrogen and oxygen atoms in total. The summed E-state index contributed by atoms with van der Waals surface area (Å²) in [5.41, 5.74) is 2.99. The Kier molecular flexibility index (Phi) is 7.20. The predicted octanol–water partition coefficient (Wildman–Crippen LogP) is 0.664. The van der Waals surface area contributed by atoms with Crippen molar-refractivity contribution in [2.24, 2.45) is 0 Å². The Labute approximate surface area is 148 Å². The van der Waals surface area contributed by atoms with Gasteiger partial charge in [0, 0.05) is 11.8 Å². The average molecular weight is 363 g/mol. The van der Waals surface area contributed by atoms with Crippen LogP contribution in [0.5, 0.6) is 0 Å². The van der Waals surface area contributed by atoms with Crippen LogP contribution in [0.1, 0.15) is 31.4 Å². The molecule has 0 saturated heterocycles. The van der Waals surface area contributed by atoms with E-state index >= 15 is 0 Å². The van der Waals surface area contributed by atoms with Crippen LogP contribution in [0.2, 0.25) is 0 Å². The third-order valence-corrected chi connectivity index (χ3v) is 5.82. The van der Waals surface area contributed by atoms with E-state index in [-0.39, 0.29) is 6.42 Å². The molecule has 1 aromatic rings. The first kappa shape index (κ1) is 20.7. The summed E-state index contributed by atoms with van der Waals surface area (Å²) in [5.74, 6) is 9.54. The summed E-state index contributed by atoms with van der Waals surface area (Å²) in [6.07, 6.45) is 0.613. The Morgan fingerprint density at radius 2 is 1.88 bits per heavy atom. The Bertz CT molecular complexity index is 835. The third-order valence-electron chi connectivity index (χ3n) is 3.80. The smallest absolute Gasteiger partial charge is 0.264 e. The molecule has 0 radical (unpaired) electrons. The number of carbonyl (C=O) groups excluding carboxylic acids is 1. The monoisotopic (exact) mass is 363 g/mol. The van der Waals surface area contributed by atoms with Gasteiger partial charge in [-0.1, -0.05) is 24.0 Å². The van der Waals surface area contributed by atoms with Gasteiger partial charge in [0.1, 0.15) is 10.9 Å². The number of benzene rings is 1. The summed E-state index contributed by atoms with van der Waals surface area (Å²) in [7, 11) is -3.71. The molecule has 2 atom stereocenters. The van der Waals surface area contributed by atoms with E-state index in [1.165, 1.54) is 12.4 Å². The molecule has 7 heteroatoms. The van der Waals surface area contributed by atoms with Crippen molar-refractivity contribution in [2.75, 3.05) is 6.26 Å². The summed E-state index contributed by atoms with van der Waals surface area (Å²) in [5, 5.41) is 17.8. The summed E-state index contributed by atoms with van der Waals surface area (Å²) in [6.45, 7) is 2.83. The highest BCUT2D eigenvalue weighted by molar-refractivity contribution is 7.92. The second-order valence-corrected chi connectivity index (χ2v) is 8.28. The van der Waals surface area contributed by atoms with Crippen LogP contribution < -0.4 is 5.48 Å². The predicted molar refractivity (Wildman–Crippen MR) is 94.3 cm³/mol. The fourth-order valence-electron chi connectivity index (χ4n) is 1.97. The highest BCUT2D eigenvalue weighted by Gasteiger charge is 2.42. The van der Waals surface area contributed by atoms with E-state index in [2.05, 4.69) is 23.7 Å². The first-order valence-electron chi connectivity index (χ1n) is 7.53. The molecule has 0 aliphatic rings. The molecule has 0 aliphatic carbocycles. The highest BCUT2D eigenvalue weighted by Crippen LogP contribution is 2.23. The summed E-state index contributed by atoms with van der Waals surface area (Å²) < 4.78 is 22.1. The lowest BCUT2D eigenvalue weighted by Crippen LogP contribution is -2.49. The minimum Gasteiger partial charge on any atom is -0.381 e. The highest BCUT2D eigenvalue weighted by atomic mass is 32.2. The SMILES string of the molecule is CC(O)C#CC#Cc1ccc(CCC(C)(C(=O)NO)S(C)(=O)=O)cc1. The zero-order chi connectivity index (χ0) is 19.1. The Balaban J connectivity index is 2.85. The molecule has 134 valence electrons. The van der Waals surface area contributed by atoms with Gasteiger partial charge in [0.25, 0.3) is 5.91 Å². The van der Waals surface area contributed by atoms with Gasteiger partial charge in [-0.15, -0.1) is 0 Å². The van der Waals surface area contributed by atoms with Crippen LogP contribution in [-0.2, 0) is 21.1 Å². The maximum Gasteiger partial charge on any atom is 0.264 e. The molecule has 0 aliphatic heterocycles. The van der Waals surface area contributed by atoms with Gasteiger partial charge in [-0.2, -0.15) is 0 Å². The van der Waals surface area contributed by atoms with Crippen molar-refractivity contribution in [2.45, 2.75) is 37.5 Å². The summed E-state index contributed by atoms with van der Waals surface area (Å²) in [4.78, 5) is 11.8. The third kappa shape index (κ3) is 5.91. The van der Waals surface area contributed by atoms with Crippen molar-refractivity contribution >= 4 is 15.7 Å². The van der Waals surface area contributed by atoms with E-state index in [1.54, 1.807) is 31.2 Å². The lowest BCUT2D eigenvalue weighted by molar-refractivity contribution is -0.131. The molecule has 2 unspecified atom stereocenters. The number of carbonyl (C=O) groups is 1. The fraction of sp³-hybridized carbons (Fsp3) is 0.389. The molecule has 3 N–H and O–H groups in total. The fourth-order valence-corrected chi connectivity index (χ4v) is 2.82. The van der Waals surface area contributed by atoms with Crippen molar-refractivity contribution in [3.63, 3.8) is 0 Å². The molecule has 1 rings (SSSR count). The second-order valence-electron chi connectivity index (χ2n) is 5.84. The molecular formula is C18H21NO5S. The van der Waals surface area contributed by atoms with E-state index in [0.29, 0.717) is 6.42 Å². The Morgan fingerprint density at radius 1 is 1.28 bits per heavy atom. The summed E-state index contributed by atoms with van der Waals surface area (Å²) in [6, 6.07) is 7.09. The zero-order valence-corrected chi connectivity index (χ0v) is 15.1. The van der Waals surface area contributed by atoms with Crippen molar-refractivity contribution < 1.29 is 23.5 Å². The first-order chi connectivity index (χ1) is 11.6. The van der Waals surface area contributed by atoms with Crippen LogP contribution in [0, 0.1) is 23.7 Å². The first-order valence-corrected chi connectivity index (χ1v) is 9.42. The number of sulfone groups is 1. The van der Waals surface area contributed by atoms with Gasteiger partial charge in [0.2, 0.25) is 0 Å². The van der Waals surface area contributed by atoms with Crippen LogP contribution in [0.3, 0.4) is 0 Å². The second kappa shape index (κ2) is 8.68. The normalized spacial score (nSPS) is 14.1. The largest absolute Gasteiger partial charge is 0.381 e. The van der Waals surface area contributed by atoms with E-state index in [0.717, 1.165) is 17.4 Å². The number of nitrogens with one attached hydrogen (secondary N) is 1. The lowest BCUT2D eigenvalue weighted by Gasteiger charge is -2.25. The van der Waals surface area contributed by atoms with Crippen LogP contribution in [0.25, 0.3) is 0 Å². The van der Waals surface area contributed by atoms with E-state index in [9.17, 15) is 13.2 Å². The van der Waals surface area contributed by atoms with Crippen molar-refractivity contribution in [3.05, 3.63) is 35.4 Å². The number of aliphatic hydroxyl groups is 1. The minimum atomic E-state index is -3.71. The van der Waals surface area contributed by atoms with Crippen LogP contribution in [0.15, 0.2) is 24.3 Å². The van der Waals surface area contributed by atoms with Gasteiger partial charge in [-0.05, 0) is 56.2 Å². The molecule has 1 amide bonds. The number of aliphatic hydroxyl groups excluding tert-OH is 1. The van der Waals surface area contributed by atoms with Gasteiger partial charge >= 0.3 is 0 Å². The Hall–Kier alpha value is -2.32. The van der Waals surface area contributed by atoms with Gasteiger partial charge in [-0.3, -0.25) is 10.0 Å². The van der Waals surface area contributed by atoms with Gasteiger partial charge < -0.3 is 5.11 Å². The number of hydrogen-bond acceptors (Lipinski definition) is 5. The number of aryl methyl sites for hydroxylation is 1. The van der Waals surface area contributed by atoms with Gasteiger partial charge in [0.15, 0.2) is 9.84 Å². The molecule has 0 bridgehead atoms. The quantitative estimate of drug-likeness (QED) is 0.405. The maximum absolute atomic E-state index is 11.9. The number of amides is 1. The Morgan fingerprint density at radius 3 is 2.36 bits per heavy atom. The van der Waals surface area contributed by atoms with Crippen LogP contribution in [-0.4, -0.2) is 41.7 Å². The topological polar surface area (TPSA) is 104 Å². The zero-order valence-electron chi connectivity index (χ0n) is 14.3. The van der Waals surface area contributed by atoms with Gasteiger partial charge in [-0.25, -0.2) is 13.9 Å². The number of hydroxylamine groups is 1. The molecule has 0 fully saturated rings. The van der Waals surface area contributed by atoms with Crippen LogP contribution >= 0.6 is 0 Å². The van der Waals surface area contributed by atoms with Crippen molar-refractivity contribution in [3.8, 4) is 23.7 Å². The number of hydrogen-bond donors (Lipinski definition) is 3. The van der Waals surface area contributed by atoms with Crippen molar-refractivity contribution in [1.82, 2.24) is 5.48 Å². The molecular weight excluding hydrogens is 342 g/mol. The lowest BCUT2D eigenvalue weighted by atomic mass is 9.99. The van der Waals surface area contributed by atoms with Crippen molar-refractivity contribution in [1.29, 1.82) is 0 Å². The average Bonchev–Trinajstić information content (AvgIpc) is 2.55. The van der Waals surface area contributed by atoms with Crippen LogP contribution in [0.4, 0.5) is 0 Å². The summed E-state index contributed by atoms with van der Waals surface area (Å²) >= 11 is 0. The molecule has 0 saturated carbocycles. The standard InChI is InChI=1S/C18H21NO5S/c1-14(20)6-4-5-7-15-8-10-16(11-9-15)12-13-18(2,17(21)19-22)25(3,23)24/h8-11,14,20,22H,12-13H2,1-3H3,(H,19,21). The number of rotatable bonds is 5. The maximum atomic E-state index is 11.9. The van der Waals surface area contributed by atoms with Gasteiger partial charge in [0.05, 0.1) is 0 Å². The minimum absolute atomic E-state index is 0.0309. The molecule has 0 heterocycles. The van der Waals surface area contributed by atoms with E-state index < -0.39 is 26.6 Å². The molecule has 0 aromatic heterocycles. The molecule has 0 spiro atoms.